The zero-order chi connectivity index (χ0) is 23.5. The van der Waals surface area contributed by atoms with Crippen molar-refractivity contribution in [1.29, 1.82) is 0 Å². The molecule has 3 aromatic carbocycles. The molecule has 2 amide bonds. The van der Waals surface area contributed by atoms with Crippen LogP contribution in [0.25, 0.3) is 0 Å². The number of hydrogen-bond donors (Lipinski definition) is 3. The van der Waals surface area contributed by atoms with Crippen LogP contribution < -0.4 is 20.7 Å². The maximum Gasteiger partial charge on any atom is 0.243 e. The maximum absolute atomic E-state index is 12.4. The van der Waals surface area contributed by atoms with E-state index in [4.69, 9.17) is 4.74 Å². The van der Waals surface area contributed by atoms with E-state index in [0.29, 0.717) is 24.2 Å². The van der Waals surface area contributed by atoms with E-state index >= 15 is 0 Å². The van der Waals surface area contributed by atoms with Gasteiger partial charge in [-0.15, -0.1) is 0 Å². The Kier molecular flexibility index (Phi) is 8.88. The summed E-state index contributed by atoms with van der Waals surface area (Å²) in [5, 5.41) is 8.86. The van der Waals surface area contributed by atoms with E-state index < -0.39 is 0 Å². The molecule has 0 heterocycles. The van der Waals surface area contributed by atoms with Gasteiger partial charge in [-0.1, -0.05) is 49.4 Å². The van der Waals surface area contributed by atoms with Crippen molar-refractivity contribution >= 4 is 28.9 Å². The van der Waals surface area contributed by atoms with Gasteiger partial charge in [0.25, 0.3) is 0 Å². The molecule has 172 valence electrons. The molecule has 6 heteroatoms. The monoisotopic (exact) mass is 445 g/mol. The molecule has 0 spiro atoms. The summed E-state index contributed by atoms with van der Waals surface area (Å²) in [7, 11) is 0. The lowest BCUT2D eigenvalue weighted by atomic mass is 10.1. The quantitative estimate of drug-likeness (QED) is 0.365. The van der Waals surface area contributed by atoms with Gasteiger partial charge in [0.2, 0.25) is 11.8 Å². The number of aryl methyl sites for hydroxylation is 1. The summed E-state index contributed by atoms with van der Waals surface area (Å²) in [6.07, 6.45) is 2.13. The third-order valence-corrected chi connectivity index (χ3v) is 5.11. The van der Waals surface area contributed by atoms with Crippen LogP contribution in [0, 0.1) is 0 Å². The van der Waals surface area contributed by atoms with E-state index in [1.54, 1.807) is 24.3 Å². The molecular weight excluding hydrogens is 414 g/mol. The minimum Gasteiger partial charge on any atom is -0.491 e. The fourth-order valence-electron chi connectivity index (χ4n) is 3.18. The number of benzene rings is 3. The van der Waals surface area contributed by atoms with Gasteiger partial charge >= 0.3 is 0 Å². The largest absolute Gasteiger partial charge is 0.491 e. The van der Waals surface area contributed by atoms with Crippen molar-refractivity contribution in [3.63, 3.8) is 0 Å². The lowest BCUT2D eigenvalue weighted by molar-refractivity contribution is -0.116. The zero-order valence-electron chi connectivity index (χ0n) is 19.1. The van der Waals surface area contributed by atoms with E-state index in [2.05, 4.69) is 22.9 Å². The molecule has 1 atom stereocenters. The van der Waals surface area contributed by atoms with Gasteiger partial charge in [-0.3, -0.25) is 9.59 Å². The van der Waals surface area contributed by atoms with E-state index in [9.17, 15) is 9.59 Å². The highest BCUT2D eigenvalue weighted by Crippen LogP contribution is 2.19. The molecule has 33 heavy (non-hydrogen) atoms. The van der Waals surface area contributed by atoms with Gasteiger partial charge in [0, 0.05) is 29.5 Å². The summed E-state index contributed by atoms with van der Waals surface area (Å²) in [4.78, 5) is 24.7. The molecular formula is C27H31N3O3. The van der Waals surface area contributed by atoms with Crippen LogP contribution in [0.5, 0.6) is 5.75 Å². The average molecular weight is 446 g/mol. The predicted octanol–water partition coefficient (Wildman–Crippen LogP) is 5.49. The van der Waals surface area contributed by atoms with Crippen molar-refractivity contribution in [3.05, 3.63) is 84.4 Å². The van der Waals surface area contributed by atoms with Crippen LogP contribution in [-0.4, -0.2) is 24.5 Å². The van der Waals surface area contributed by atoms with Gasteiger partial charge in [-0.2, -0.15) is 0 Å². The van der Waals surface area contributed by atoms with E-state index in [1.807, 2.05) is 61.5 Å². The van der Waals surface area contributed by atoms with Crippen LogP contribution in [0.2, 0.25) is 0 Å². The van der Waals surface area contributed by atoms with Crippen molar-refractivity contribution in [3.8, 4) is 5.75 Å². The smallest absolute Gasteiger partial charge is 0.243 e. The molecule has 3 rings (SSSR count). The molecule has 0 fully saturated rings. The molecule has 0 aliphatic heterocycles. The predicted molar refractivity (Wildman–Crippen MR) is 134 cm³/mol. The number of nitrogens with one attached hydrogen (secondary N) is 3. The molecule has 0 bridgehead atoms. The SMILES string of the molecule is CCC(C)Oc1cccc(NCC(=O)Nc2cccc(NC(=O)CCc3ccccc3)c2)c1. The number of carbonyl (C=O) groups excluding carboxylic acids is 2. The first-order chi connectivity index (χ1) is 16.0. The standard InChI is InChI=1S/C27H31N3O3/c1-3-20(2)33-25-14-8-11-22(18-25)28-19-27(32)30-24-13-7-12-23(17-24)29-26(31)16-15-21-9-5-4-6-10-21/h4-14,17-18,20,28H,3,15-16,19H2,1-2H3,(H,29,31)(H,30,32). The number of rotatable bonds is 11. The minimum absolute atomic E-state index is 0.0662. The fraction of sp³-hybridized carbons (Fsp3) is 0.259. The summed E-state index contributed by atoms with van der Waals surface area (Å²) in [5.41, 5.74) is 3.20. The van der Waals surface area contributed by atoms with Gasteiger partial charge in [0.15, 0.2) is 0 Å². The number of hydrogen-bond acceptors (Lipinski definition) is 4. The van der Waals surface area contributed by atoms with Crippen LogP contribution in [0.15, 0.2) is 78.9 Å². The Morgan fingerprint density at radius 2 is 1.48 bits per heavy atom. The van der Waals surface area contributed by atoms with Crippen molar-refractivity contribution in [1.82, 2.24) is 0 Å². The second-order valence-corrected chi connectivity index (χ2v) is 7.88. The molecule has 0 aliphatic carbocycles. The molecule has 0 aliphatic rings. The molecule has 3 N–H and O–H groups in total. The van der Waals surface area contributed by atoms with Crippen molar-refractivity contribution in [2.45, 2.75) is 39.2 Å². The Morgan fingerprint density at radius 1 is 0.818 bits per heavy atom. The molecule has 3 aromatic rings. The number of ether oxygens (including phenoxy) is 1. The van der Waals surface area contributed by atoms with Gasteiger partial charge in [-0.05, 0) is 55.7 Å². The molecule has 6 nitrogen and oxygen atoms in total. The third kappa shape index (κ3) is 8.33. The summed E-state index contributed by atoms with van der Waals surface area (Å²) in [6, 6.07) is 24.6. The second kappa shape index (κ2) is 12.3. The highest BCUT2D eigenvalue weighted by atomic mass is 16.5. The first-order valence-corrected chi connectivity index (χ1v) is 11.3. The summed E-state index contributed by atoms with van der Waals surface area (Å²) in [5.74, 6) is 0.518. The Labute approximate surface area is 195 Å². The molecule has 0 saturated carbocycles. The van der Waals surface area contributed by atoms with Crippen LogP contribution in [-0.2, 0) is 16.0 Å². The summed E-state index contributed by atoms with van der Waals surface area (Å²) < 4.78 is 5.82. The normalized spacial score (nSPS) is 11.3. The van der Waals surface area contributed by atoms with E-state index in [1.165, 1.54) is 0 Å². The molecule has 0 radical (unpaired) electrons. The number of anilines is 3. The van der Waals surface area contributed by atoms with Crippen LogP contribution >= 0.6 is 0 Å². The number of carbonyl (C=O) groups is 2. The molecule has 0 aromatic heterocycles. The lowest BCUT2D eigenvalue weighted by Crippen LogP contribution is -2.22. The van der Waals surface area contributed by atoms with Crippen LogP contribution in [0.3, 0.4) is 0 Å². The zero-order valence-corrected chi connectivity index (χ0v) is 19.1. The highest BCUT2D eigenvalue weighted by molar-refractivity contribution is 5.95. The van der Waals surface area contributed by atoms with Crippen molar-refractivity contribution in [2.24, 2.45) is 0 Å². The Bertz CT molecular complexity index is 1050. The average Bonchev–Trinajstić information content (AvgIpc) is 2.82. The Hall–Kier alpha value is -3.80. The van der Waals surface area contributed by atoms with E-state index in [-0.39, 0.29) is 24.5 Å². The van der Waals surface area contributed by atoms with Gasteiger partial charge < -0.3 is 20.7 Å². The van der Waals surface area contributed by atoms with Gasteiger partial charge in [0.05, 0.1) is 12.6 Å². The Morgan fingerprint density at radius 3 is 2.21 bits per heavy atom. The van der Waals surface area contributed by atoms with E-state index in [0.717, 1.165) is 23.4 Å². The molecule has 0 saturated heterocycles. The third-order valence-electron chi connectivity index (χ3n) is 5.11. The Balaban J connectivity index is 1.47. The fourth-order valence-corrected chi connectivity index (χ4v) is 3.18. The topological polar surface area (TPSA) is 79.5 Å². The lowest BCUT2D eigenvalue weighted by Gasteiger charge is -2.14. The van der Waals surface area contributed by atoms with Crippen molar-refractivity contribution < 1.29 is 14.3 Å². The van der Waals surface area contributed by atoms with Crippen LogP contribution in [0.4, 0.5) is 17.1 Å². The first-order valence-electron chi connectivity index (χ1n) is 11.3. The molecule has 1 unspecified atom stereocenters. The van der Waals surface area contributed by atoms with Gasteiger partial charge in [0.1, 0.15) is 5.75 Å². The van der Waals surface area contributed by atoms with Crippen molar-refractivity contribution in [2.75, 3.05) is 22.5 Å². The highest BCUT2D eigenvalue weighted by Gasteiger charge is 2.07. The second-order valence-electron chi connectivity index (χ2n) is 7.88. The minimum atomic E-state index is -0.184. The van der Waals surface area contributed by atoms with Gasteiger partial charge in [-0.25, -0.2) is 0 Å². The summed E-state index contributed by atoms with van der Waals surface area (Å²) in [6.45, 7) is 4.20. The van der Waals surface area contributed by atoms with Crippen LogP contribution in [0.1, 0.15) is 32.3 Å². The number of amides is 2. The first kappa shape index (κ1) is 23.9. The summed E-state index contributed by atoms with van der Waals surface area (Å²) >= 11 is 0. The maximum atomic E-state index is 12.4.